The molecule has 2 fully saturated rings. The van der Waals surface area contributed by atoms with E-state index in [1.165, 1.54) is 12.1 Å². The quantitative estimate of drug-likeness (QED) is 0.580. The Morgan fingerprint density at radius 3 is 2.67 bits per heavy atom. The van der Waals surface area contributed by atoms with Crippen LogP contribution in [-0.2, 0) is 16.6 Å². The predicted octanol–water partition coefficient (Wildman–Crippen LogP) is 4.49. The monoisotopic (exact) mass is 451 g/mol. The molecule has 1 saturated heterocycles. The molecule has 2 aromatic rings. The van der Waals surface area contributed by atoms with E-state index in [0.29, 0.717) is 31.4 Å². The molecule has 1 amide bonds. The summed E-state index contributed by atoms with van der Waals surface area (Å²) in [6.45, 7) is 0.420. The number of amides is 1. The summed E-state index contributed by atoms with van der Waals surface area (Å²) in [6.07, 6.45) is 8.01. The minimum absolute atomic E-state index is 0.0349. The van der Waals surface area contributed by atoms with Gasteiger partial charge in [0.05, 0.1) is 17.7 Å². The van der Waals surface area contributed by atoms with Crippen molar-refractivity contribution in [2.24, 2.45) is 0 Å². The Morgan fingerprint density at radius 1 is 1.18 bits per heavy atom. The number of aromatic carboxylic acids is 1. The third kappa shape index (κ3) is 4.86. The van der Waals surface area contributed by atoms with Crippen LogP contribution in [0.25, 0.3) is 0 Å². The molecule has 0 radical (unpaired) electrons. The number of halogens is 1. The first kappa shape index (κ1) is 23.2. The van der Waals surface area contributed by atoms with Gasteiger partial charge in [0, 0.05) is 18.4 Å². The standard InChI is InChI=1S/C27H30FNO4/c28-21-8-5-7-20(18-21)27(15-3-4-16-27)24(30)12-10-22-11-13-25(31)29(22)17-14-19-6-1-2-9-23(19)26(32)33/h1-2,5-10,12,18,22,24,30H,3-4,11,13-17H2,(H,32,33)/b12-10+/t22-,24-/m0/s1. The fourth-order valence-electron chi connectivity index (χ4n) is 5.41. The van der Waals surface area contributed by atoms with Crippen molar-refractivity contribution in [3.05, 3.63) is 83.2 Å². The molecule has 0 aromatic heterocycles. The molecule has 174 valence electrons. The predicted molar refractivity (Wildman–Crippen MR) is 124 cm³/mol. The Morgan fingerprint density at radius 2 is 1.94 bits per heavy atom. The smallest absolute Gasteiger partial charge is 0.335 e. The molecule has 2 aromatic carbocycles. The molecule has 0 unspecified atom stereocenters. The zero-order valence-corrected chi connectivity index (χ0v) is 18.6. The summed E-state index contributed by atoms with van der Waals surface area (Å²) in [6, 6.07) is 13.2. The van der Waals surface area contributed by atoms with Crippen LogP contribution in [0.3, 0.4) is 0 Å². The molecule has 2 aliphatic rings. The number of benzene rings is 2. The Balaban J connectivity index is 1.48. The van der Waals surface area contributed by atoms with Gasteiger partial charge < -0.3 is 15.1 Å². The lowest BCUT2D eigenvalue weighted by molar-refractivity contribution is -0.128. The van der Waals surface area contributed by atoms with Gasteiger partial charge in [-0.25, -0.2) is 9.18 Å². The highest BCUT2D eigenvalue weighted by molar-refractivity contribution is 5.89. The summed E-state index contributed by atoms with van der Waals surface area (Å²) in [4.78, 5) is 25.8. The molecule has 1 heterocycles. The van der Waals surface area contributed by atoms with Crippen LogP contribution in [0.5, 0.6) is 0 Å². The Labute approximate surface area is 193 Å². The zero-order valence-electron chi connectivity index (χ0n) is 18.6. The van der Waals surface area contributed by atoms with Crippen molar-refractivity contribution in [1.29, 1.82) is 0 Å². The molecular formula is C27H30FNO4. The summed E-state index contributed by atoms with van der Waals surface area (Å²) in [7, 11) is 0. The second-order valence-corrected chi connectivity index (χ2v) is 9.11. The highest BCUT2D eigenvalue weighted by Crippen LogP contribution is 2.44. The fraction of sp³-hybridized carbons (Fsp3) is 0.407. The summed E-state index contributed by atoms with van der Waals surface area (Å²) >= 11 is 0. The van der Waals surface area contributed by atoms with Gasteiger partial charge >= 0.3 is 5.97 Å². The van der Waals surface area contributed by atoms with Crippen molar-refractivity contribution in [1.82, 2.24) is 4.90 Å². The number of rotatable bonds is 8. The fourth-order valence-corrected chi connectivity index (χ4v) is 5.41. The van der Waals surface area contributed by atoms with E-state index in [1.807, 2.05) is 12.1 Å². The van der Waals surface area contributed by atoms with E-state index in [-0.39, 0.29) is 23.3 Å². The number of hydrogen-bond donors (Lipinski definition) is 2. The number of carboxylic acids is 1. The summed E-state index contributed by atoms with van der Waals surface area (Å²) in [5.41, 5.74) is 1.27. The van der Waals surface area contributed by atoms with Crippen molar-refractivity contribution < 1.29 is 24.2 Å². The van der Waals surface area contributed by atoms with Crippen molar-refractivity contribution >= 4 is 11.9 Å². The number of aliphatic hydroxyl groups is 1. The molecule has 4 rings (SSSR count). The third-order valence-corrected chi connectivity index (χ3v) is 7.22. The molecule has 1 saturated carbocycles. The molecule has 5 nitrogen and oxygen atoms in total. The Hall–Kier alpha value is -2.99. The van der Waals surface area contributed by atoms with Crippen LogP contribution in [0.4, 0.5) is 4.39 Å². The summed E-state index contributed by atoms with van der Waals surface area (Å²) < 4.78 is 13.9. The SMILES string of the molecule is O=C(O)c1ccccc1CCN1C(=O)CC[C@@H]1/C=C/[C@H](O)C1(c2cccc(F)c2)CCCC1. The van der Waals surface area contributed by atoms with Crippen LogP contribution in [0.2, 0.25) is 0 Å². The van der Waals surface area contributed by atoms with Crippen molar-refractivity contribution in [3.8, 4) is 0 Å². The van der Waals surface area contributed by atoms with Crippen molar-refractivity contribution in [2.75, 3.05) is 6.54 Å². The molecule has 0 bridgehead atoms. The topological polar surface area (TPSA) is 77.8 Å². The van der Waals surface area contributed by atoms with Crippen LogP contribution in [-0.4, -0.2) is 45.7 Å². The normalized spacial score (nSPS) is 21.1. The highest BCUT2D eigenvalue weighted by atomic mass is 19.1. The minimum atomic E-state index is -0.975. The lowest BCUT2D eigenvalue weighted by atomic mass is 9.74. The van der Waals surface area contributed by atoms with Crippen LogP contribution in [0.1, 0.15) is 60.0 Å². The molecule has 2 atom stereocenters. The average molecular weight is 452 g/mol. The number of hydrogen-bond acceptors (Lipinski definition) is 3. The van der Waals surface area contributed by atoms with Crippen LogP contribution < -0.4 is 0 Å². The lowest BCUT2D eigenvalue weighted by Crippen LogP contribution is -2.37. The molecular weight excluding hydrogens is 421 g/mol. The van der Waals surface area contributed by atoms with Gasteiger partial charge in [-0.05, 0) is 55.0 Å². The number of carboxylic acid groups (broad SMARTS) is 1. The van der Waals surface area contributed by atoms with E-state index in [4.69, 9.17) is 0 Å². The summed E-state index contributed by atoms with van der Waals surface area (Å²) in [5, 5.41) is 20.6. The molecule has 33 heavy (non-hydrogen) atoms. The van der Waals surface area contributed by atoms with Gasteiger partial charge in [0.15, 0.2) is 0 Å². The number of likely N-dealkylation sites (tertiary alicyclic amines) is 1. The highest BCUT2D eigenvalue weighted by Gasteiger charge is 2.41. The molecule has 6 heteroatoms. The average Bonchev–Trinajstić information content (AvgIpc) is 3.44. The number of carbonyl (C=O) groups is 2. The van der Waals surface area contributed by atoms with Gasteiger partial charge in [0.1, 0.15) is 5.82 Å². The van der Waals surface area contributed by atoms with Crippen LogP contribution >= 0.6 is 0 Å². The van der Waals surface area contributed by atoms with E-state index in [0.717, 1.165) is 31.2 Å². The zero-order chi connectivity index (χ0) is 23.4. The first-order chi connectivity index (χ1) is 15.9. The lowest BCUT2D eigenvalue weighted by Gasteiger charge is -2.34. The van der Waals surface area contributed by atoms with Gasteiger partial charge in [-0.2, -0.15) is 0 Å². The number of carbonyl (C=O) groups excluding carboxylic acids is 1. The van der Waals surface area contributed by atoms with Crippen molar-refractivity contribution in [2.45, 2.75) is 62.5 Å². The summed E-state index contributed by atoms with van der Waals surface area (Å²) in [5.74, 6) is -1.24. The van der Waals surface area contributed by atoms with E-state index in [1.54, 1.807) is 41.3 Å². The van der Waals surface area contributed by atoms with Gasteiger partial charge in [0.25, 0.3) is 0 Å². The maximum Gasteiger partial charge on any atom is 0.335 e. The van der Waals surface area contributed by atoms with Crippen LogP contribution in [0, 0.1) is 5.82 Å². The second kappa shape index (κ2) is 9.87. The largest absolute Gasteiger partial charge is 0.478 e. The Kier molecular flexibility index (Phi) is 6.94. The third-order valence-electron chi connectivity index (χ3n) is 7.22. The van der Waals surface area contributed by atoms with Gasteiger partial charge in [-0.15, -0.1) is 0 Å². The molecule has 2 N–H and O–H groups in total. The van der Waals surface area contributed by atoms with Crippen molar-refractivity contribution in [3.63, 3.8) is 0 Å². The minimum Gasteiger partial charge on any atom is -0.478 e. The van der Waals surface area contributed by atoms with E-state index in [2.05, 4.69) is 0 Å². The maximum absolute atomic E-state index is 13.9. The maximum atomic E-state index is 13.9. The van der Waals surface area contributed by atoms with Gasteiger partial charge in [-0.3, -0.25) is 4.79 Å². The van der Waals surface area contributed by atoms with Crippen LogP contribution in [0.15, 0.2) is 60.7 Å². The second-order valence-electron chi connectivity index (χ2n) is 9.11. The molecule has 1 aliphatic heterocycles. The first-order valence-corrected chi connectivity index (χ1v) is 11.6. The Bertz CT molecular complexity index is 1040. The van der Waals surface area contributed by atoms with Gasteiger partial charge in [-0.1, -0.05) is 55.3 Å². The molecule has 0 spiro atoms. The number of nitrogens with zero attached hydrogens (tertiary/aromatic N) is 1. The van der Waals surface area contributed by atoms with Gasteiger partial charge in [0.2, 0.25) is 5.91 Å². The molecule has 1 aliphatic carbocycles. The van der Waals surface area contributed by atoms with E-state index in [9.17, 15) is 24.2 Å². The van der Waals surface area contributed by atoms with E-state index < -0.39 is 17.5 Å². The number of aliphatic hydroxyl groups excluding tert-OH is 1. The first-order valence-electron chi connectivity index (χ1n) is 11.6. The van der Waals surface area contributed by atoms with E-state index >= 15 is 0 Å².